The van der Waals surface area contributed by atoms with Crippen molar-refractivity contribution in [3.05, 3.63) is 24.0 Å². The summed E-state index contributed by atoms with van der Waals surface area (Å²) < 4.78 is 23.3. The average molecular weight is 231 g/mol. The van der Waals surface area contributed by atoms with Crippen molar-refractivity contribution in [1.82, 2.24) is 0 Å². The van der Waals surface area contributed by atoms with Gasteiger partial charge in [0.2, 0.25) is 0 Å². The first-order valence-corrected chi connectivity index (χ1v) is 5.39. The monoisotopic (exact) mass is 231 g/mol. The minimum absolute atomic E-state index is 0.314. The fourth-order valence-electron chi connectivity index (χ4n) is 1.02. The highest BCUT2D eigenvalue weighted by atomic mass is 32.2. The van der Waals surface area contributed by atoms with Crippen molar-refractivity contribution in [2.24, 2.45) is 0 Å². The van der Waals surface area contributed by atoms with Gasteiger partial charge in [-0.05, 0) is 18.2 Å². The van der Waals surface area contributed by atoms with Crippen LogP contribution < -0.4 is 5.73 Å². The van der Waals surface area contributed by atoms with E-state index in [4.69, 9.17) is 15.2 Å². The molecule has 1 aromatic carbocycles. The topological polar surface area (TPSA) is 44.5 Å². The number of nitrogen functional groups attached to an aromatic ring is 1. The van der Waals surface area contributed by atoms with Crippen LogP contribution in [0, 0.1) is 5.82 Å². The Morgan fingerprint density at radius 3 is 2.60 bits per heavy atom. The Balaban J connectivity index is 2.57. The first-order chi connectivity index (χ1) is 7.17. The molecule has 0 spiro atoms. The number of benzene rings is 1. The third-order valence-electron chi connectivity index (χ3n) is 1.86. The number of rotatable bonds is 5. The third-order valence-corrected chi connectivity index (χ3v) is 2.94. The molecule has 0 saturated carbocycles. The van der Waals surface area contributed by atoms with E-state index in [1.807, 2.05) is 0 Å². The molecule has 0 heterocycles. The van der Waals surface area contributed by atoms with Crippen molar-refractivity contribution < 1.29 is 13.9 Å². The van der Waals surface area contributed by atoms with Crippen molar-refractivity contribution in [3.8, 4) is 0 Å². The van der Waals surface area contributed by atoms with E-state index in [9.17, 15) is 4.39 Å². The van der Waals surface area contributed by atoms with Gasteiger partial charge in [-0.25, -0.2) is 4.39 Å². The highest BCUT2D eigenvalue weighted by Crippen LogP contribution is 2.24. The first kappa shape index (κ1) is 12.3. The maximum atomic E-state index is 13.3. The summed E-state index contributed by atoms with van der Waals surface area (Å²) in [6.07, 6.45) is -0.327. The summed E-state index contributed by atoms with van der Waals surface area (Å²) in [6.45, 7) is 0. The molecular weight excluding hydrogens is 217 g/mol. The Hall–Kier alpha value is -0.780. The van der Waals surface area contributed by atoms with E-state index in [2.05, 4.69) is 0 Å². The molecule has 0 radical (unpaired) electrons. The van der Waals surface area contributed by atoms with E-state index in [-0.39, 0.29) is 12.1 Å². The van der Waals surface area contributed by atoms with Gasteiger partial charge in [0.1, 0.15) is 5.82 Å². The molecule has 0 aromatic heterocycles. The van der Waals surface area contributed by atoms with Crippen LogP contribution in [0.3, 0.4) is 0 Å². The van der Waals surface area contributed by atoms with Crippen LogP contribution in [0.15, 0.2) is 23.1 Å². The fourth-order valence-corrected chi connectivity index (χ4v) is 1.97. The quantitative estimate of drug-likeness (QED) is 0.479. The molecule has 0 saturated heterocycles. The highest BCUT2D eigenvalue weighted by Gasteiger charge is 2.08. The zero-order valence-electron chi connectivity index (χ0n) is 8.70. The van der Waals surface area contributed by atoms with Gasteiger partial charge in [0.05, 0.1) is 0 Å². The normalized spacial score (nSPS) is 10.9. The number of thioether (sulfide) groups is 1. The van der Waals surface area contributed by atoms with E-state index in [0.29, 0.717) is 16.3 Å². The van der Waals surface area contributed by atoms with Crippen molar-refractivity contribution in [1.29, 1.82) is 0 Å². The van der Waals surface area contributed by atoms with Crippen LogP contribution in [0.4, 0.5) is 10.1 Å². The van der Waals surface area contributed by atoms with Crippen LogP contribution >= 0.6 is 11.8 Å². The van der Waals surface area contributed by atoms with Gasteiger partial charge in [0.25, 0.3) is 0 Å². The fraction of sp³-hybridized carbons (Fsp3) is 0.400. The highest BCUT2D eigenvalue weighted by molar-refractivity contribution is 7.99. The minimum atomic E-state index is -0.327. The zero-order chi connectivity index (χ0) is 11.3. The lowest BCUT2D eigenvalue weighted by Crippen LogP contribution is -2.15. The van der Waals surface area contributed by atoms with Crippen LogP contribution in [0.25, 0.3) is 0 Å². The molecule has 84 valence electrons. The number of hydrogen-bond donors (Lipinski definition) is 1. The second kappa shape index (κ2) is 5.95. The average Bonchev–Trinajstić information content (AvgIpc) is 2.22. The van der Waals surface area contributed by atoms with Gasteiger partial charge < -0.3 is 15.2 Å². The first-order valence-electron chi connectivity index (χ1n) is 4.40. The van der Waals surface area contributed by atoms with Gasteiger partial charge >= 0.3 is 0 Å². The van der Waals surface area contributed by atoms with Crippen LogP contribution in [-0.2, 0) is 9.47 Å². The Labute approximate surface area is 92.7 Å². The number of ether oxygens (including phenoxy) is 2. The van der Waals surface area contributed by atoms with E-state index < -0.39 is 0 Å². The second-order valence-electron chi connectivity index (χ2n) is 2.90. The maximum absolute atomic E-state index is 13.3. The van der Waals surface area contributed by atoms with E-state index >= 15 is 0 Å². The summed E-state index contributed by atoms with van der Waals surface area (Å²) in [5.74, 6) is 0.222. The number of halogens is 1. The largest absolute Gasteiger partial charge is 0.399 e. The smallest absolute Gasteiger partial charge is 0.166 e. The lowest BCUT2D eigenvalue weighted by molar-refractivity contribution is -0.0842. The summed E-state index contributed by atoms with van der Waals surface area (Å²) in [5, 5.41) is 0. The summed E-state index contributed by atoms with van der Waals surface area (Å²) in [5.41, 5.74) is 5.86. The second-order valence-corrected chi connectivity index (χ2v) is 3.96. The molecule has 0 aliphatic carbocycles. The molecule has 0 atom stereocenters. The molecule has 1 aromatic rings. The number of anilines is 1. The van der Waals surface area contributed by atoms with Crippen LogP contribution in [0.5, 0.6) is 0 Å². The summed E-state index contributed by atoms with van der Waals surface area (Å²) in [6, 6.07) is 4.62. The summed E-state index contributed by atoms with van der Waals surface area (Å²) >= 11 is 1.33. The minimum Gasteiger partial charge on any atom is -0.399 e. The SMILES string of the molecule is COC(CSc1ccc(N)cc1F)OC. The molecule has 0 bridgehead atoms. The molecule has 0 amide bonds. The lowest BCUT2D eigenvalue weighted by Gasteiger charge is -2.12. The molecular formula is C10H14FNO2S. The molecule has 0 fully saturated rings. The Bertz CT molecular complexity index is 318. The van der Waals surface area contributed by atoms with Gasteiger partial charge in [-0.15, -0.1) is 11.8 Å². The summed E-state index contributed by atoms with van der Waals surface area (Å²) in [4.78, 5) is 0.545. The number of hydrogen-bond acceptors (Lipinski definition) is 4. The van der Waals surface area contributed by atoms with Crippen LogP contribution in [0.1, 0.15) is 0 Å². The molecule has 15 heavy (non-hydrogen) atoms. The van der Waals surface area contributed by atoms with Gasteiger partial charge in [-0.1, -0.05) is 0 Å². The van der Waals surface area contributed by atoms with E-state index in [0.717, 1.165) is 0 Å². The Morgan fingerprint density at radius 2 is 2.07 bits per heavy atom. The molecule has 3 nitrogen and oxygen atoms in total. The van der Waals surface area contributed by atoms with Gasteiger partial charge in [0, 0.05) is 30.6 Å². The molecule has 0 aliphatic rings. The van der Waals surface area contributed by atoms with Crippen molar-refractivity contribution in [3.63, 3.8) is 0 Å². The van der Waals surface area contributed by atoms with Gasteiger partial charge in [0.15, 0.2) is 6.29 Å². The molecule has 1 rings (SSSR count). The molecule has 5 heteroatoms. The van der Waals surface area contributed by atoms with E-state index in [1.54, 1.807) is 26.4 Å². The third kappa shape index (κ3) is 3.70. The van der Waals surface area contributed by atoms with Crippen molar-refractivity contribution in [2.45, 2.75) is 11.2 Å². The number of methoxy groups -OCH3 is 2. The standard InChI is InChI=1S/C10H14FNO2S/c1-13-10(14-2)6-15-9-4-3-7(12)5-8(9)11/h3-5,10H,6,12H2,1-2H3. The lowest BCUT2D eigenvalue weighted by atomic mass is 10.3. The number of nitrogens with two attached hydrogens (primary N) is 1. The van der Waals surface area contributed by atoms with Crippen molar-refractivity contribution in [2.75, 3.05) is 25.7 Å². The Kier molecular flexibility index (Phi) is 4.87. The molecule has 0 aliphatic heterocycles. The van der Waals surface area contributed by atoms with Gasteiger partial charge in [-0.2, -0.15) is 0 Å². The van der Waals surface area contributed by atoms with Crippen molar-refractivity contribution >= 4 is 17.4 Å². The van der Waals surface area contributed by atoms with Crippen LogP contribution in [-0.4, -0.2) is 26.3 Å². The maximum Gasteiger partial charge on any atom is 0.166 e. The molecule has 0 unspecified atom stereocenters. The van der Waals surface area contributed by atoms with E-state index in [1.165, 1.54) is 17.8 Å². The zero-order valence-corrected chi connectivity index (χ0v) is 9.51. The summed E-state index contributed by atoms with van der Waals surface area (Å²) in [7, 11) is 3.10. The Morgan fingerprint density at radius 1 is 1.40 bits per heavy atom. The predicted molar refractivity (Wildman–Crippen MR) is 59.3 cm³/mol. The van der Waals surface area contributed by atoms with Gasteiger partial charge in [-0.3, -0.25) is 0 Å². The molecule has 2 N–H and O–H groups in total. The predicted octanol–water partition coefficient (Wildman–Crippen LogP) is 2.12. The van der Waals surface area contributed by atoms with Crippen LogP contribution in [0.2, 0.25) is 0 Å².